The molecule has 4 rings (SSSR count). The highest BCUT2D eigenvalue weighted by molar-refractivity contribution is 9.10. The van der Waals surface area contributed by atoms with Crippen LogP contribution in [-0.2, 0) is 11.3 Å². The van der Waals surface area contributed by atoms with E-state index in [1.165, 1.54) is 17.0 Å². The fraction of sp³-hybridized carbons (Fsp3) is 0.0870. The molecule has 1 saturated heterocycles. The molecule has 8 heteroatoms. The van der Waals surface area contributed by atoms with E-state index >= 15 is 0 Å². The monoisotopic (exact) mass is 497 g/mol. The van der Waals surface area contributed by atoms with E-state index in [1.807, 2.05) is 24.3 Å². The Hall–Kier alpha value is -3.10. The molecule has 0 unspecified atom stereocenters. The van der Waals surface area contributed by atoms with Crippen molar-refractivity contribution in [1.29, 1.82) is 0 Å². The van der Waals surface area contributed by atoms with Gasteiger partial charge in [-0.05, 0) is 60.1 Å². The number of imide groups is 1. The maximum absolute atomic E-state index is 12.8. The van der Waals surface area contributed by atoms with Gasteiger partial charge in [0.2, 0.25) is 0 Å². The zero-order valence-electron chi connectivity index (χ0n) is 16.3. The van der Waals surface area contributed by atoms with E-state index in [9.17, 15) is 19.5 Å². The predicted molar refractivity (Wildman–Crippen MR) is 121 cm³/mol. The lowest BCUT2D eigenvalue weighted by Gasteiger charge is -2.12. The third-order valence-corrected chi connectivity index (χ3v) is 6.23. The van der Waals surface area contributed by atoms with E-state index in [4.69, 9.17) is 4.42 Å². The number of halogens is 1. The van der Waals surface area contributed by atoms with Gasteiger partial charge in [0.15, 0.2) is 0 Å². The van der Waals surface area contributed by atoms with Crippen LogP contribution < -0.4 is 0 Å². The first kappa shape index (κ1) is 21.1. The molecule has 3 aromatic rings. The molecule has 31 heavy (non-hydrogen) atoms. The Kier molecular flexibility index (Phi) is 5.84. The molecule has 1 fully saturated rings. The highest BCUT2D eigenvalue weighted by atomic mass is 79.9. The summed E-state index contributed by atoms with van der Waals surface area (Å²) in [6.45, 7) is 1.90. The molecule has 0 aliphatic carbocycles. The minimum absolute atomic E-state index is 0.187. The second-order valence-electron chi connectivity index (χ2n) is 6.88. The van der Waals surface area contributed by atoms with Crippen LogP contribution in [0.25, 0.3) is 17.4 Å². The summed E-state index contributed by atoms with van der Waals surface area (Å²) in [7, 11) is 0. The molecule has 1 aromatic heterocycles. The molecule has 1 aliphatic rings. The maximum atomic E-state index is 12.8. The SMILES string of the molecule is Cc1c(C(=O)O)cccc1-c1ccc(/C=C2\SC(=O)N(Cc3cccc(Br)c3)C2=O)o1. The number of rotatable bonds is 5. The van der Waals surface area contributed by atoms with Gasteiger partial charge in [0.25, 0.3) is 11.1 Å². The highest BCUT2D eigenvalue weighted by Crippen LogP contribution is 2.35. The number of carboxylic acids is 1. The van der Waals surface area contributed by atoms with Crippen molar-refractivity contribution in [2.24, 2.45) is 0 Å². The van der Waals surface area contributed by atoms with Gasteiger partial charge in [-0.25, -0.2) is 4.79 Å². The summed E-state index contributed by atoms with van der Waals surface area (Å²) in [6.07, 6.45) is 1.53. The average Bonchev–Trinajstić information content (AvgIpc) is 3.28. The van der Waals surface area contributed by atoms with Gasteiger partial charge >= 0.3 is 5.97 Å². The Labute approximate surface area is 190 Å². The molecule has 0 radical (unpaired) electrons. The number of nitrogens with zero attached hydrogens (tertiary/aromatic N) is 1. The number of amides is 2. The molecule has 0 bridgehead atoms. The van der Waals surface area contributed by atoms with E-state index in [-0.39, 0.29) is 28.2 Å². The number of benzene rings is 2. The van der Waals surface area contributed by atoms with Gasteiger partial charge in [-0.15, -0.1) is 0 Å². The van der Waals surface area contributed by atoms with E-state index in [2.05, 4.69) is 15.9 Å². The lowest BCUT2D eigenvalue weighted by atomic mass is 10.0. The molecule has 1 N–H and O–H groups in total. The zero-order chi connectivity index (χ0) is 22.1. The second-order valence-corrected chi connectivity index (χ2v) is 8.79. The lowest BCUT2D eigenvalue weighted by molar-refractivity contribution is -0.123. The lowest BCUT2D eigenvalue weighted by Crippen LogP contribution is -2.27. The summed E-state index contributed by atoms with van der Waals surface area (Å²) in [6, 6.07) is 15.8. The van der Waals surface area contributed by atoms with Crippen molar-refractivity contribution in [1.82, 2.24) is 4.90 Å². The summed E-state index contributed by atoms with van der Waals surface area (Å²) >= 11 is 4.25. The predicted octanol–water partition coefficient (Wildman–Crippen LogP) is 5.95. The Bertz CT molecular complexity index is 1250. The van der Waals surface area contributed by atoms with E-state index < -0.39 is 5.97 Å². The standard InChI is InChI=1S/C23H16BrNO5S/c1-13-17(6-3-7-18(13)22(27)28)19-9-8-16(30-19)11-20-21(26)25(23(29)31-20)12-14-4-2-5-15(24)10-14/h2-11H,12H2,1H3,(H,27,28)/b20-11-. The topological polar surface area (TPSA) is 87.8 Å². The average molecular weight is 498 g/mol. The second kappa shape index (κ2) is 8.56. The molecule has 0 saturated carbocycles. The van der Waals surface area contributed by atoms with E-state index in [0.29, 0.717) is 22.6 Å². The molecule has 6 nitrogen and oxygen atoms in total. The number of aromatic carboxylic acids is 1. The zero-order valence-corrected chi connectivity index (χ0v) is 18.7. The number of carbonyl (C=O) groups excluding carboxylic acids is 2. The Morgan fingerprint density at radius 3 is 2.68 bits per heavy atom. The number of thioether (sulfide) groups is 1. The Balaban J connectivity index is 1.57. The third kappa shape index (κ3) is 4.35. The van der Waals surface area contributed by atoms with Crippen molar-refractivity contribution in [2.45, 2.75) is 13.5 Å². The molecule has 0 spiro atoms. The summed E-state index contributed by atoms with van der Waals surface area (Å²) in [5.74, 6) is -0.495. The van der Waals surface area contributed by atoms with Crippen molar-refractivity contribution in [3.05, 3.63) is 86.4 Å². The van der Waals surface area contributed by atoms with Crippen molar-refractivity contribution in [3.8, 4) is 11.3 Å². The van der Waals surface area contributed by atoms with Crippen LogP contribution in [0.5, 0.6) is 0 Å². The van der Waals surface area contributed by atoms with Crippen LogP contribution in [0.1, 0.15) is 27.2 Å². The summed E-state index contributed by atoms with van der Waals surface area (Å²) in [4.78, 5) is 38.0. The number of carboxylic acid groups (broad SMARTS) is 1. The molecule has 2 aromatic carbocycles. The first-order chi connectivity index (χ1) is 14.8. The van der Waals surface area contributed by atoms with Crippen molar-refractivity contribution >= 4 is 50.9 Å². The van der Waals surface area contributed by atoms with Crippen molar-refractivity contribution in [3.63, 3.8) is 0 Å². The molecular formula is C23H16BrNO5S. The van der Waals surface area contributed by atoms with Gasteiger partial charge in [0, 0.05) is 16.1 Å². The van der Waals surface area contributed by atoms with Gasteiger partial charge in [-0.2, -0.15) is 0 Å². The number of furan rings is 1. The fourth-order valence-electron chi connectivity index (χ4n) is 3.29. The quantitative estimate of drug-likeness (QED) is 0.438. The summed E-state index contributed by atoms with van der Waals surface area (Å²) < 4.78 is 6.70. The Morgan fingerprint density at radius 1 is 1.16 bits per heavy atom. The van der Waals surface area contributed by atoms with Crippen molar-refractivity contribution < 1.29 is 23.9 Å². The van der Waals surface area contributed by atoms with Crippen LogP contribution in [0.15, 0.2) is 68.4 Å². The van der Waals surface area contributed by atoms with E-state index in [1.54, 1.807) is 31.2 Å². The van der Waals surface area contributed by atoms with E-state index in [0.717, 1.165) is 21.8 Å². The number of hydrogen-bond donors (Lipinski definition) is 1. The van der Waals surface area contributed by atoms with Crippen LogP contribution in [0.2, 0.25) is 0 Å². The first-order valence-electron chi connectivity index (χ1n) is 9.26. The number of hydrogen-bond acceptors (Lipinski definition) is 5. The summed E-state index contributed by atoms with van der Waals surface area (Å²) in [5.41, 5.74) is 2.28. The molecule has 2 heterocycles. The normalized spacial score (nSPS) is 15.2. The van der Waals surface area contributed by atoms with Crippen LogP contribution in [0, 0.1) is 6.92 Å². The molecule has 156 valence electrons. The van der Waals surface area contributed by atoms with Crippen LogP contribution in [0.4, 0.5) is 4.79 Å². The van der Waals surface area contributed by atoms with Gasteiger partial charge in [-0.3, -0.25) is 14.5 Å². The fourth-order valence-corrected chi connectivity index (χ4v) is 4.56. The largest absolute Gasteiger partial charge is 0.478 e. The molecule has 1 aliphatic heterocycles. The minimum Gasteiger partial charge on any atom is -0.478 e. The smallest absolute Gasteiger partial charge is 0.335 e. The molecule has 0 atom stereocenters. The van der Waals surface area contributed by atoms with Gasteiger partial charge in [0.05, 0.1) is 17.0 Å². The molecular weight excluding hydrogens is 482 g/mol. The maximum Gasteiger partial charge on any atom is 0.335 e. The van der Waals surface area contributed by atoms with Crippen molar-refractivity contribution in [2.75, 3.05) is 0 Å². The van der Waals surface area contributed by atoms with Crippen LogP contribution in [-0.4, -0.2) is 27.1 Å². The van der Waals surface area contributed by atoms with Gasteiger partial charge in [0.1, 0.15) is 11.5 Å². The van der Waals surface area contributed by atoms with Gasteiger partial charge in [-0.1, -0.05) is 40.2 Å². The van der Waals surface area contributed by atoms with Gasteiger partial charge < -0.3 is 9.52 Å². The minimum atomic E-state index is -1.01. The Morgan fingerprint density at radius 2 is 1.94 bits per heavy atom. The van der Waals surface area contributed by atoms with Crippen LogP contribution >= 0.6 is 27.7 Å². The number of carbonyl (C=O) groups is 3. The molecule has 2 amide bonds. The summed E-state index contributed by atoms with van der Waals surface area (Å²) in [5, 5.41) is 8.97. The highest BCUT2D eigenvalue weighted by Gasteiger charge is 2.35. The van der Waals surface area contributed by atoms with Crippen LogP contribution in [0.3, 0.4) is 0 Å². The third-order valence-electron chi connectivity index (χ3n) is 4.83. The first-order valence-corrected chi connectivity index (χ1v) is 10.9.